The van der Waals surface area contributed by atoms with E-state index in [1.54, 1.807) is 12.1 Å². The van der Waals surface area contributed by atoms with Crippen molar-refractivity contribution in [2.75, 3.05) is 13.1 Å². The molecule has 1 atom stereocenters. The molecule has 4 nitrogen and oxygen atoms in total. The van der Waals surface area contributed by atoms with Crippen LogP contribution in [0.3, 0.4) is 0 Å². The van der Waals surface area contributed by atoms with Gasteiger partial charge in [0.1, 0.15) is 5.69 Å². The summed E-state index contributed by atoms with van der Waals surface area (Å²) >= 11 is 5.68. The van der Waals surface area contributed by atoms with Crippen molar-refractivity contribution >= 4 is 17.5 Å². The molecular formula is C10H12ClN3O. The number of halogens is 1. The number of amides is 1. The Morgan fingerprint density at radius 2 is 2.47 bits per heavy atom. The average molecular weight is 226 g/mol. The van der Waals surface area contributed by atoms with Crippen molar-refractivity contribution in [3.63, 3.8) is 0 Å². The molecule has 1 aromatic heterocycles. The lowest BCUT2D eigenvalue weighted by Gasteiger charge is -2.10. The lowest BCUT2D eigenvalue weighted by molar-refractivity contribution is 0.0935. The summed E-state index contributed by atoms with van der Waals surface area (Å²) in [4.78, 5) is 15.6. The molecule has 0 saturated carbocycles. The van der Waals surface area contributed by atoms with Crippen molar-refractivity contribution < 1.29 is 4.79 Å². The Bertz CT molecular complexity index is 346. The van der Waals surface area contributed by atoms with Crippen LogP contribution in [0.5, 0.6) is 0 Å². The molecule has 1 saturated heterocycles. The van der Waals surface area contributed by atoms with Crippen LogP contribution in [0.4, 0.5) is 0 Å². The van der Waals surface area contributed by atoms with Crippen molar-refractivity contribution in [2.45, 2.75) is 12.5 Å². The first-order chi connectivity index (χ1) is 7.25. The van der Waals surface area contributed by atoms with Crippen molar-refractivity contribution in [2.24, 2.45) is 0 Å². The maximum absolute atomic E-state index is 11.7. The van der Waals surface area contributed by atoms with Gasteiger partial charge in [-0.25, -0.2) is 4.98 Å². The number of carbonyl (C=O) groups excluding carboxylic acids is 1. The molecule has 2 rings (SSSR count). The van der Waals surface area contributed by atoms with Crippen LogP contribution in [0, 0.1) is 0 Å². The predicted molar refractivity (Wildman–Crippen MR) is 58.0 cm³/mol. The van der Waals surface area contributed by atoms with Crippen molar-refractivity contribution in [3.05, 3.63) is 29.0 Å². The van der Waals surface area contributed by atoms with Gasteiger partial charge >= 0.3 is 0 Å². The zero-order chi connectivity index (χ0) is 10.7. The molecule has 0 aromatic carbocycles. The fourth-order valence-electron chi connectivity index (χ4n) is 1.55. The van der Waals surface area contributed by atoms with Crippen LogP contribution < -0.4 is 10.6 Å². The molecule has 0 spiro atoms. The monoisotopic (exact) mass is 225 g/mol. The Kier molecular flexibility index (Phi) is 3.18. The van der Waals surface area contributed by atoms with Gasteiger partial charge in [0.05, 0.1) is 5.02 Å². The fraction of sp³-hybridized carbons (Fsp3) is 0.400. The number of nitrogens with zero attached hydrogens (tertiary/aromatic N) is 1. The fourth-order valence-corrected chi connectivity index (χ4v) is 1.66. The van der Waals surface area contributed by atoms with Gasteiger partial charge in [0.15, 0.2) is 0 Å². The average Bonchev–Trinajstić information content (AvgIpc) is 2.71. The predicted octanol–water partition coefficient (Wildman–Crippen LogP) is 0.827. The molecular weight excluding hydrogens is 214 g/mol. The maximum Gasteiger partial charge on any atom is 0.270 e. The molecule has 5 heteroatoms. The van der Waals surface area contributed by atoms with E-state index in [9.17, 15) is 4.79 Å². The van der Waals surface area contributed by atoms with Gasteiger partial charge in [0.2, 0.25) is 0 Å². The zero-order valence-corrected chi connectivity index (χ0v) is 8.92. The van der Waals surface area contributed by atoms with Crippen LogP contribution in [-0.2, 0) is 0 Å². The minimum absolute atomic E-state index is 0.139. The second-order valence-corrected chi connectivity index (χ2v) is 3.96. The zero-order valence-electron chi connectivity index (χ0n) is 8.16. The number of pyridine rings is 1. The first-order valence-corrected chi connectivity index (χ1v) is 5.26. The van der Waals surface area contributed by atoms with Gasteiger partial charge in [-0.1, -0.05) is 11.6 Å². The number of aromatic nitrogens is 1. The summed E-state index contributed by atoms with van der Waals surface area (Å²) in [5, 5.41) is 6.63. The quantitative estimate of drug-likeness (QED) is 0.784. The number of rotatable bonds is 2. The van der Waals surface area contributed by atoms with E-state index in [0.29, 0.717) is 10.7 Å². The second-order valence-electron chi connectivity index (χ2n) is 3.52. The summed E-state index contributed by atoms with van der Waals surface area (Å²) in [5.41, 5.74) is 0.409. The van der Waals surface area contributed by atoms with Crippen molar-refractivity contribution in [3.8, 4) is 0 Å². The van der Waals surface area contributed by atoms with E-state index in [0.717, 1.165) is 19.5 Å². The van der Waals surface area contributed by atoms with Gasteiger partial charge in [0.25, 0.3) is 5.91 Å². The van der Waals surface area contributed by atoms with E-state index in [1.807, 2.05) is 0 Å². The molecule has 1 aromatic rings. The second kappa shape index (κ2) is 4.59. The highest BCUT2D eigenvalue weighted by Crippen LogP contribution is 2.06. The van der Waals surface area contributed by atoms with E-state index >= 15 is 0 Å². The SMILES string of the molecule is O=C(N[C@H]1CCNC1)c1ccc(Cl)cn1. The van der Waals surface area contributed by atoms with Crippen molar-refractivity contribution in [1.82, 2.24) is 15.6 Å². The van der Waals surface area contributed by atoms with E-state index in [4.69, 9.17) is 11.6 Å². The van der Waals surface area contributed by atoms with E-state index in [-0.39, 0.29) is 11.9 Å². The molecule has 0 bridgehead atoms. The highest BCUT2D eigenvalue weighted by Gasteiger charge is 2.17. The van der Waals surface area contributed by atoms with Crippen molar-refractivity contribution in [1.29, 1.82) is 0 Å². The van der Waals surface area contributed by atoms with Gasteiger partial charge in [-0.05, 0) is 25.1 Å². The van der Waals surface area contributed by atoms with Crippen LogP contribution in [0.25, 0.3) is 0 Å². The molecule has 80 valence electrons. The molecule has 0 aliphatic carbocycles. The third-order valence-corrected chi connectivity index (χ3v) is 2.58. The van der Waals surface area contributed by atoms with Crippen LogP contribution in [0.2, 0.25) is 5.02 Å². The molecule has 2 heterocycles. The topological polar surface area (TPSA) is 54.0 Å². The molecule has 1 fully saturated rings. The normalized spacial score (nSPS) is 20.2. The van der Waals surface area contributed by atoms with Gasteiger partial charge in [0, 0.05) is 18.8 Å². The van der Waals surface area contributed by atoms with E-state index in [1.165, 1.54) is 6.20 Å². The molecule has 2 N–H and O–H groups in total. The minimum atomic E-state index is -0.139. The number of nitrogens with one attached hydrogen (secondary N) is 2. The Morgan fingerprint density at radius 1 is 1.60 bits per heavy atom. The summed E-state index contributed by atoms with van der Waals surface area (Å²) < 4.78 is 0. The summed E-state index contributed by atoms with van der Waals surface area (Å²) in [5.74, 6) is -0.139. The Labute approximate surface area is 93.0 Å². The first kappa shape index (κ1) is 10.4. The number of hydrogen-bond donors (Lipinski definition) is 2. The van der Waals surface area contributed by atoms with Crippen LogP contribution >= 0.6 is 11.6 Å². The third-order valence-electron chi connectivity index (χ3n) is 2.36. The molecule has 1 amide bonds. The number of hydrogen-bond acceptors (Lipinski definition) is 3. The Balaban J connectivity index is 1.98. The standard InChI is InChI=1S/C10H12ClN3O/c11-7-1-2-9(13-5-7)10(15)14-8-3-4-12-6-8/h1-2,5,8,12H,3-4,6H2,(H,14,15)/t8-/m0/s1. The Morgan fingerprint density at radius 3 is 3.07 bits per heavy atom. The lowest BCUT2D eigenvalue weighted by atomic mass is 10.2. The smallest absolute Gasteiger partial charge is 0.270 e. The van der Waals surface area contributed by atoms with Gasteiger partial charge < -0.3 is 10.6 Å². The summed E-state index contributed by atoms with van der Waals surface area (Å²) in [6, 6.07) is 3.51. The van der Waals surface area contributed by atoms with Crippen LogP contribution in [-0.4, -0.2) is 30.0 Å². The molecule has 0 radical (unpaired) electrons. The lowest BCUT2D eigenvalue weighted by Crippen LogP contribution is -2.36. The number of carbonyl (C=O) groups is 1. The molecule has 1 aliphatic rings. The van der Waals surface area contributed by atoms with E-state index < -0.39 is 0 Å². The molecule has 0 unspecified atom stereocenters. The highest BCUT2D eigenvalue weighted by molar-refractivity contribution is 6.30. The largest absolute Gasteiger partial charge is 0.347 e. The van der Waals surface area contributed by atoms with E-state index in [2.05, 4.69) is 15.6 Å². The van der Waals surface area contributed by atoms with Crippen LogP contribution in [0.1, 0.15) is 16.9 Å². The highest BCUT2D eigenvalue weighted by atomic mass is 35.5. The van der Waals surface area contributed by atoms with Gasteiger partial charge in [-0.2, -0.15) is 0 Å². The molecule has 1 aliphatic heterocycles. The first-order valence-electron chi connectivity index (χ1n) is 4.89. The third kappa shape index (κ3) is 2.67. The summed E-state index contributed by atoms with van der Waals surface area (Å²) in [7, 11) is 0. The Hall–Kier alpha value is -1.13. The molecule has 15 heavy (non-hydrogen) atoms. The van der Waals surface area contributed by atoms with Gasteiger partial charge in [-0.15, -0.1) is 0 Å². The van der Waals surface area contributed by atoms with Gasteiger partial charge in [-0.3, -0.25) is 4.79 Å². The maximum atomic E-state index is 11.7. The minimum Gasteiger partial charge on any atom is -0.347 e. The summed E-state index contributed by atoms with van der Waals surface area (Å²) in [6.07, 6.45) is 2.45. The summed E-state index contributed by atoms with van der Waals surface area (Å²) in [6.45, 7) is 1.79. The van der Waals surface area contributed by atoms with Crippen LogP contribution in [0.15, 0.2) is 18.3 Å².